The van der Waals surface area contributed by atoms with E-state index in [1.807, 2.05) is 30.3 Å². The average molecular weight is 394 g/mol. The van der Waals surface area contributed by atoms with Gasteiger partial charge in [-0.15, -0.1) is 0 Å². The summed E-state index contributed by atoms with van der Waals surface area (Å²) in [6.07, 6.45) is 0. The zero-order valence-corrected chi connectivity index (χ0v) is 16.5. The third-order valence-corrected chi connectivity index (χ3v) is 4.53. The highest BCUT2D eigenvalue weighted by atomic mass is 16.5. The van der Waals surface area contributed by atoms with Crippen molar-refractivity contribution in [3.05, 3.63) is 60.2 Å². The van der Waals surface area contributed by atoms with Gasteiger partial charge >= 0.3 is 12.0 Å². The van der Waals surface area contributed by atoms with E-state index in [0.717, 1.165) is 0 Å². The van der Waals surface area contributed by atoms with Crippen molar-refractivity contribution in [2.45, 2.75) is 19.9 Å². The monoisotopic (exact) mass is 394 g/mol. The summed E-state index contributed by atoms with van der Waals surface area (Å²) < 4.78 is 4.95. The normalized spacial score (nSPS) is 18.2. The number of hydrazine groups is 1. The van der Waals surface area contributed by atoms with Gasteiger partial charge in [-0.2, -0.15) is 4.99 Å². The third-order valence-electron chi connectivity index (χ3n) is 4.53. The number of ether oxygens (including phenoxy) is 1. The SMILES string of the molecule is CCOC(=O)c1cccc(NC(=O)N=C2C(=O)N(c3ccccc3)N(C)C2C)c1. The van der Waals surface area contributed by atoms with Gasteiger partial charge in [-0.1, -0.05) is 24.3 Å². The van der Waals surface area contributed by atoms with Crippen LogP contribution in [0.2, 0.25) is 0 Å². The molecule has 1 atom stereocenters. The Morgan fingerprint density at radius 1 is 1.14 bits per heavy atom. The molecule has 1 fully saturated rings. The maximum Gasteiger partial charge on any atom is 0.345 e. The summed E-state index contributed by atoms with van der Waals surface area (Å²) in [6, 6.07) is 14.4. The Labute approximate surface area is 168 Å². The average Bonchev–Trinajstić information content (AvgIpc) is 2.92. The Balaban J connectivity index is 1.78. The third kappa shape index (κ3) is 4.33. The first kappa shape index (κ1) is 20.2. The molecular weight excluding hydrogens is 372 g/mol. The Kier molecular flexibility index (Phi) is 6.04. The molecule has 0 aliphatic carbocycles. The molecule has 0 spiro atoms. The smallest absolute Gasteiger partial charge is 0.345 e. The number of nitrogens with zero attached hydrogens (tertiary/aromatic N) is 3. The van der Waals surface area contributed by atoms with Crippen LogP contribution in [0.5, 0.6) is 0 Å². The quantitative estimate of drug-likeness (QED) is 0.805. The molecule has 2 aromatic rings. The van der Waals surface area contributed by atoms with Crippen LogP contribution >= 0.6 is 0 Å². The molecule has 1 aliphatic heterocycles. The number of anilines is 2. The predicted octanol–water partition coefficient (Wildman–Crippen LogP) is 3.12. The van der Waals surface area contributed by atoms with Crippen LogP contribution in [0.15, 0.2) is 59.6 Å². The predicted molar refractivity (Wildman–Crippen MR) is 110 cm³/mol. The largest absolute Gasteiger partial charge is 0.462 e. The van der Waals surface area contributed by atoms with E-state index < -0.39 is 12.0 Å². The van der Waals surface area contributed by atoms with Crippen LogP contribution in [0.1, 0.15) is 24.2 Å². The van der Waals surface area contributed by atoms with E-state index in [9.17, 15) is 14.4 Å². The number of carbonyl (C=O) groups is 3. The van der Waals surface area contributed by atoms with Crippen LogP contribution in [0.25, 0.3) is 0 Å². The van der Waals surface area contributed by atoms with Crippen molar-refractivity contribution in [3.8, 4) is 0 Å². The van der Waals surface area contributed by atoms with Gasteiger partial charge in [-0.3, -0.25) is 4.79 Å². The first-order valence-corrected chi connectivity index (χ1v) is 9.21. The summed E-state index contributed by atoms with van der Waals surface area (Å²) >= 11 is 0. The molecule has 8 nitrogen and oxygen atoms in total. The maximum atomic E-state index is 12.8. The number of amides is 3. The highest BCUT2D eigenvalue weighted by Gasteiger charge is 2.40. The fraction of sp³-hybridized carbons (Fsp3) is 0.238. The van der Waals surface area contributed by atoms with Crippen molar-refractivity contribution in [1.29, 1.82) is 0 Å². The van der Waals surface area contributed by atoms with Crippen LogP contribution < -0.4 is 10.3 Å². The summed E-state index contributed by atoms with van der Waals surface area (Å²) in [6.45, 7) is 3.78. The second-order valence-corrected chi connectivity index (χ2v) is 6.43. The van der Waals surface area contributed by atoms with E-state index in [2.05, 4.69) is 10.3 Å². The van der Waals surface area contributed by atoms with Crippen LogP contribution in [0, 0.1) is 0 Å². The first-order valence-electron chi connectivity index (χ1n) is 9.21. The van der Waals surface area contributed by atoms with Crippen LogP contribution in [-0.4, -0.2) is 48.3 Å². The van der Waals surface area contributed by atoms with E-state index in [0.29, 0.717) is 16.9 Å². The van der Waals surface area contributed by atoms with Crippen molar-refractivity contribution in [2.75, 3.05) is 24.0 Å². The summed E-state index contributed by atoms with van der Waals surface area (Å²) in [7, 11) is 1.76. The molecule has 3 amide bonds. The van der Waals surface area contributed by atoms with Crippen molar-refractivity contribution >= 4 is 35.0 Å². The minimum atomic E-state index is -0.690. The molecule has 0 saturated carbocycles. The Morgan fingerprint density at radius 2 is 1.86 bits per heavy atom. The van der Waals surface area contributed by atoms with Crippen molar-refractivity contribution in [2.24, 2.45) is 4.99 Å². The summed E-state index contributed by atoms with van der Waals surface area (Å²) in [5, 5.41) is 5.80. The number of esters is 1. The van der Waals surface area contributed by atoms with Crippen molar-refractivity contribution < 1.29 is 19.1 Å². The first-order chi connectivity index (χ1) is 13.9. The number of rotatable bonds is 4. The van der Waals surface area contributed by atoms with Gasteiger partial charge in [0.15, 0.2) is 0 Å². The number of hydrogen-bond acceptors (Lipinski definition) is 5. The van der Waals surface area contributed by atoms with Gasteiger partial charge in [0.25, 0.3) is 5.91 Å². The lowest BCUT2D eigenvalue weighted by atomic mass is 10.2. The van der Waals surface area contributed by atoms with Gasteiger partial charge in [0.05, 0.1) is 23.9 Å². The van der Waals surface area contributed by atoms with Crippen molar-refractivity contribution in [1.82, 2.24) is 5.01 Å². The van der Waals surface area contributed by atoms with Crippen LogP contribution in [-0.2, 0) is 9.53 Å². The highest BCUT2D eigenvalue weighted by molar-refractivity contribution is 6.48. The van der Waals surface area contributed by atoms with E-state index in [4.69, 9.17) is 4.74 Å². The molecule has 1 N–H and O–H groups in total. The van der Waals surface area contributed by atoms with Crippen molar-refractivity contribution in [3.63, 3.8) is 0 Å². The summed E-state index contributed by atoms with van der Waals surface area (Å²) in [5.41, 5.74) is 1.53. The summed E-state index contributed by atoms with van der Waals surface area (Å²) in [4.78, 5) is 41.1. The van der Waals surface area contributed by atoms with Gasteiger partial charge < -0.3 is 10.1 Å². The molecule has 8 heteroatoms. The topological polar surface area (TPSA) is 91.3 Å². The molecule has 3 rings (SSSR count). The number of benzene rings is 2. The van der Waals surface area contributed by atoms with Gasteiger partial charge in [-0.05, 0) is 44.2 Å². The van der Waals surface area contributed by atoms with E-state index in [1.54, 1.807) is 44.1 Å². The van der Waals surface area contributed by atoms with E-state index in [-0.39, 0.29) is 24.3 Å². The highest BCUT2D eigenvalue weighted by Crippen LogP contribution is 2.24. The molecule has 0 bridgehead atoms. The Morgan fingerprint density at radius 3 is 2.55 bits per heavy atom. The molecule has 29 heavy (non-hydrogen) atoms. The molecule has 1 unspecified atom stereocenters. The van der Waals surface area contributed by atoms with E-state index >= 15 is 0 Å². The molecule has 1 aliphatic rings. The molecule has 0 aromatic heterocycles. The fourth-order valence-electron chi connectivity index (χ4n) is 2.99. The van der Waals surface area contributed by atoms with Gasteiger partial charge in [0, 0.05) is 12.7 Å². The molecule has 1 saturated heterocycles. The fourth-order valence-corrected chi connectivity index (χ4v) is 2.99. The van der Waals surface area contributed by atoms with Crippen LogP contribution in [0.3, 0.4) is 0 Å². The van der Waals surface area contributed by atoms with E-state index in [1.165, 1.54) is 11.1 Å². The minimum absolute atomic E-state index is 0.135. The lowest BCUT2D eigenvalue weighted by Crippen LogP contribution is -2.38. The van der Waals surface area contributed by atoms with Crippen LogP contribution in [0.4, 0.5) is 16.2 Å². The molecular formula is C21H22N4O4. The second kappa shape index (κ2) is 8.66. The number of aliphatic imine (C=N–C) groups is 1. The Hall–Kier alpha value is -3.52. The molecule has 2 aromatic carbocycles. The van der Waals surface area contributed by atoms with Gasteiger partial charge in [0.1, 0.15) is 5.71 Å². The maximum absolute atomic E-state index is 12.8. The standard InChI is InChI=1S/C21H22N4O4/c1-4-29-20(27)15-9-8-10-16(13-15)22-21(28)23-18-14(2)24(3)25(19(18)26)17-11-6-5-7-12-17/h5-14H,4H2,1-3H3,(H,22,28). The summed E-state index contributed by atoms with van der Waals surface area (Å²) in [5.74, 6) is -0.837. The number of nitrogens with one attached hydrogen (secondary N) is 1. The molecule has 150 valence electrons. The lowest BCUT2D eigenvalue weighted by molar-refractivity contribution is -0.113. The zero-order valence-electron chi connectivity index (χ0n) is 16.5. The second-order valence-electron chi connectivity index (χ2n) is 6.43. The number of urea groups is 1. The number of carbonyl (C=O) groups excluding carboxylic acids is 3. The minimum Gasteiger partial charge on any atom is -0.462 e. The van der Waals surface area contributed by atoms with Gasteiger partial charge in [-0.25, -0.2) is 19.6 Å². The number of hydrogen-bond donors (Lipinski definition) is 1. The lowest BCUT2D eigenvalue weighted by Gasteiger charge is -2.25. The number of para-hydroxylation sites is 1. The molecule has 0 radical (unpaired) electrons. The zero-order chi connectivity index (χ0) is 21.0. The molecule has 1 heterocycles. The Bertz CT molecular complexity index is 958. The van der Waals surface area contributed by atoms with Gasteiger partial charge in [0.2, 0.25) is 0 Å².